The van der Waals surface area contributed by atoms with Crippen molar-refractivity contribution in [1.82, 2.24) is 15.0 Å². The summed E-state index contributed by atoms with van der Waals surface area (Å²) in [5.41, 5.74) is 7.77. The molecule has 9 nitrogen and oxygen atoms in total. The standard InChI is InChI=1S/C23H27N5O4/c1-12-13(2)32-22(29)14-6-7-18(28-20(12)14)27-19-8-15-16(9-25-19)21(31-5)26-10-17(15)23(3,24)11-30-4/h6-10,12-13H,11,24H2,1-5H3,(H,25,27,28)/t12-,13+,23-/m0/s1. The van der Waals surface area contributed by atoms with Crippen LogP contribution in [0, 0.1) is 0 Å². The van der Waals surface area contributed by atoms with Crippen molar-refractivity contribution in [1.29, 1.82) is 0 Å². The molecule has 1 aliphatic heterocycles. The van der Waals surface area contributed by atoms with E-state index in [-0.39, 0.29) is 18.0 Å². The first-order valence-electron chi connectivity index (χ1n) is 10.3. The van der Waals surface area contributed by atoms with Crippen molar-refractivity contribution >= 4 is 28.4 Å². The largest absolute Gasteiger partial charge is 0.481 e. The molecule has 0 amide bonds. The number of carbonyl (C=O) groups is 1. The summed E-state index contributed by atoms with van der Waals surface area (Å²) in [5.74, 6) is 1.26. The van der Waals surface area contributed by atoms with Crippen LogP contribution in [-0.4, -0.2) is 47.9 Å². The number of pyridine rings is 3. The Bertz CT molecular complexity index is 1180. The van der Waals surface area contributed by atoms with Crippen molar-refractivity contribution in [2.24, 2.45) is 5.73 Å². The number of cyclic esters (lactones) is 1. The molecule has 0 aliphatic carbocycles. The molecule has 9 heteroatoms. The van der Waals surface area contributed by atoms with E-state index >= 15 is 0 Å². The zero-order valence-electron chi connectivity index (χ0n) is 18.8. The van der Waals surface area contributed by atoms with Gasteiger partial charge in [0.1, 0.15) is 17.7 Å². The number of ether oxygens (including phenoxy) is 3. The number of aromatic nitrogens is 3. The fraction of sp³-hybridized carbons (Fsp3) is 0.391. The van der Waals surface area contributed by atoms with Gasteiger partial charge in [-0.2, -0.15) is 0 Å². The third-order valence-electron chi connectivity index (χ3n) is 5.82. The summed E-state index contributed by atoms with van der Waals surface area (Å²) in [6.07, 6.45) is 3.16. The van der Waals surface area contributed by atoms with Gasteiger partial charge in [0.25, 0.3) is 0 Å². The number of nitrogens with zero attached hydrogens (tertiary/aromatic N) is 3. The molecular weight excluding hydrogens is 410 g/mol. The highest BCUT2D eigenvalue weighted by Gasteiger charge is 2.31. The third-order valence-corrected chi connectivity index (χ3v) is 5.82. The van der Waals surface area contributed by atoms with E-state index in [2.05, 4.69) is 20.3 Å². The summed E-state index contributed by atoms with van der Waals surface area (Å²) < 4.78 is 16.1. The lowest BCUT2D eigenvalue weighted by atomic mass is 9.91. The maximum atomic E-state index is 12.2. The number of esters is 1. The Morgan fingerprint density at radius 2 is 1.94 bits per heavy atom. The van der Waals surface area contributed by atoms with Crippen LogP contribution in [0.25, 0.3) is 10.8 Å². The van der Waals surface area contributed by atoms with Crippen LogP contribution in [0.3, 0.4) is 0 Å². The molecule has 32 heavy (non-hydrogen) atoms. The van der Waals surface area contributed by atoms with E-state index in [9.17, 15) is 4.79 Å². The molecule has 0 saturated carbocycles. The highest BCUT2D eigenvalue weighted by atomic mass is 16.5. The van der Waals surface area contributed by atoms with E-state index < -0.39 is 5.54 Å². The third kappa shape index (κ3) is 3.85. The molecule has 3 aromatic heterocycles. The fourth-order valence-corrected chi connectivity index (χ4v) is 3.93. The second-order valence-electron chi connectivity index (χ2n) is 8.30. The summed E-state index contributed by atoms with van der Waals surface area (Å²) in [7, 11) is 3.17. The summed E-state index contributed by atoms with van der Waals surface area (Å²) >= 11 is 0. The molecule has 0 bridgehead atoms. The van der Waals surface area contributed by atoms with Gasteiger partial charge in [-0.15, -0.1) is 0 Å². The molecule has 3 aromatic rings. The molecule has 4 heterocycles. The first-order valence-corrected chi connectivity index (χ1v) is 10.3. The number of rotatable bonds is 6. The number of methoxy groups -OCH3 is 2. The number of fused-ring (bicyclic) bond motifs is 2. The van der Waals surface area contributed by atoms with E-state index in [1.54, 1.807) is 38.7 Å². The first-order chi connectivity index (χ1) is 15.2. The van der Waals surface area contributed by atoms with E-state index in [1.807, 2.05) is 26.8 Å². The van der Waals surface area contributed by atoms with Crippen LogP contribution in [0.1, 0.15) is 48.3 Å². The van der Waals surface area contributed by atoms with Gasteiger partial charge in [0, 0.05) is 31.0 Å². The molecule has 168 valence electrons. The van der Waals surface area contributed by atoms with Gasteiger partial charge in [0.05, 0.1) is 35.9 Å². The molecule has 0 saturated heterocycles. The van der Waals surface area contributed by atoms with Crippen LogP contribution in [-0.2, 0) is 15.0 Å². The van der Waals surface area contributed by atoms with Crippen molar-refractivity contribution in [3.8, 4) is 5.88 Å². The Balaban J connectivity index is 1.75. The van der Waals surface area contributed by atoms with Gasteiger partial charge >= 0.3 is 5.97 Å². The van der Waals surface area contributed by atoms with E-state index in [4.69, 9.17) is 19.9 Å². The van der Waals surface area contributed by atoms with Crippen LogP contribution in [0.4, 0.5) is 11.6 Å². The number of hydrogen-bond acceptors (Lipinski definition) is 9. The average molecular weight is 438 g/mol. The molecular formula is C23H27N5O4. The SMILES string of the molecule is COC[C@](C)(N)c1cnc(OC)c2cnc(Nc3ccc4c(n3)[C@@H](C)[C@@H](C)OC4=O)cc12. The quantitative estimate of drug-likeness (QED) is 0.560. The zero-order valence-corrected chi connectivity index (χ0v) is 18.8. The second-order valence-corrected chi connectivity index (χ2v) is 8.30. The molecule has 0 unspecified atom stereocenters. The predicted molar refractivity (Wildman–Crippen MR) is 120 cm³/mol. The number of hydrogen-bond donors (Lipinski definition) is 2. The minimum Gasteiger partial charge on any atom is -0.481 e. The maximum Gasteiger partial charge on any atom is 0.340 e. The van der Waals surface area contributed by atoms with E-state index in [0.29, 0.717) is 35.4 Å². The molecule has 0 radical (unpaired) electrons. The maximum absolute atomic E-state index is 12.2. The Hall–Kier alpha value is -3.30. The van der Waals surface area contributed by atoms with Gasteiger partial charge in [-0.05, 0) is 37.4 Å². The van der Waals surface area contributed by atoms with Gasteiger partial charge < -0.3 is 25.3 Å². The number of anilines is 2. The molecule has 1 aliphatic rings. The highest BCUT2D eigenvalue weighted by molar-refractivity contribution is 5.93. The summed E-state index contributed by atoms with van der Waals surface area (Å²) in [6, 6.07) is 5.35. The van der Waals surface area contributed by atoms with E-state index in [0.717, 1.165) is 16.3 Å². The minimum absolute atomic E-state index is 0.0112. The van der Waals surface area contributed by atoms with Gasteiger partial charge in [0.2, 0.25) is 5.88 Å². The van der Waals surface area contributed by atoms with Crippen molar-refractivity contribution in [2.45, 2.75) is 38.3 Å². The van der Waals surface area contributed by atoms with Crippen LogP contribution >= 0.6 is 0 Å². The lowest BCUT2D eigenvalue weighted by Crippen LogP contribution is -2.38. The Morgan fingerprint density at radius 3 is 2.66 bits per heavy atom. The fourth-order valence-electron chi connectivity index (χ4n) is 3.93. The summed E-state index contributed by atoms with van der Waals surface area (Å²) in [6.45, 7) is 6.06. The first kappa shape index (κ1) is 21.9. The molecule has 0 aromatic carbocycles. The average Bonchev–Trinajstić information content (AvgIpc) is 2.76. The monoisotopic (exact) mass is 437 g/mol. The van der Waals surface area contributed by atoms with Crippen LogP contribution < -0.4 is 15.8 Å². The molecule has 0 fully saturated rings. The Labute approximate surface area is 186 Å². The zero-order chi connectivity index (χ0) is 23.0. The minimum atomic E-state index is -0.763. The lowest BCUT2D eigenvalue weighted by molar-refractivity contribution is 0.0235. The van der Waals surface area contributed by atoms with Crippen LogP contribution in [0.15, 0.2) is 30.6 Å². The number of carbonyl (C=O) groups excluding carboxylic acids is 1. The van der Waals surface area contributed by atoms with Crippen LogP contribution in [0.5, 0.6) is 5.88 Å². The van der Waals surface area contributed by atoms with Gasteiger partial charge in [-0.25, -0.2) is 19.7 Å². The molecule has 0 spiro atoms. The van der Waals surface area contributed by atoms with Gasteiger partial charge in [-0.1, -0.05) is 6.92 Å². The summed E-state index contributed by atoms with van der Waals surface area (Å²) in [5, 5.41) is 4.83. The molecule has 3 N–H and O–H groups in total. The topological polar surface area (TPSA) is 121 Å². The summed E-state index contributed by atoms with van der Waals surface area (Å²) in [4.78, 5) is 25.7. The lowest BCUT2D eigenvalue weighted by Gasteiger charge is -2.27. The normalized spacial score (nSPS) is 19.8. The second kappa shape index (κ2) is 8.33. The number of nitrogens with one attached hydrogen (secondary N) is 1. The predicted octanol–water partition coefficient (Wildman–Crippen LogP) is 3.26. The van der Waals surface area contributed by atoms with Crippen molar-refractivity contribution in [3.63, 3.8) is 0 Å². The smallest absolute Gasteiger partial charge is 0.340 e. The van der Waals surface area contributed by atoms with Crippen molar-refractivity contribution < 1.29 is 19.0 Å². The Kier molecular flexibility index (Phi) is 5.70. The molecule has 3 atom stereocenters. The van der Waals surface area contributed by atoms with Crippen molar-refractivity contribution in [2.75, 3.05) is 26.1 Å². The van der Waals surface area contributed by atoms with Crippen LogP contribution in [0.2, 0.25) is 0 Å². The number of nitrogens with two attached hydrogens (primary N) is 1. The van der Waals surface area contributed by atoms with Gasteiger partial charge in [-0.3, -0.25) is 0 Å². The highest BCUT2D eigenvalue weighted by Crippen LogP contribution is 2.34. The Morgan fingerprint density at radius 1 is 1.16 bits per heavy atom. The van der Waals surface area contributed by atoms with Crippen molar-refractivity contribution in [3.05, 3.63) is 47.4 Å². The van der Waals surface area contributed by atoms with Gasteiger partial charge in [0.15, 0.2) is 0 Å². The van der Waals surface area contributed by atoms with E-state index in [1.165, 1.54) is 0 Å². The molecule has 4 rings (SSSR count).